The Morgan fingerprint density at radius 2 is 2.00 bits per heavy atom. The van der Waals surface area contributed by atoms with Crippen molar-refractivity contribution in [3.05, 3.63) is 29.8 Å². The van der Waals surface area contributed by atoms with Gasteiger partial charge < -0.3 is 9.87 Å². The normalized spacial score (nSPS) is 12.4. The van der Waals surface area contributed by atoms with Crippen molar-refractivity contribution in [1.29, 1.82) is 0 Å². The molecule has 78 valence electrons. The van der Waals surface area contributed by atoms with Crippen molar-refractivity contribution >= 4 is 16.8 Å². The molecule has 0 saturated heterocycles. The van der Waals surface area contributed by atoms with Gasteiger partial charge in [0, 0.05) is 18.0 Å². The van der Waals surface area contributed by atoms with E-state index in [1.54, 1.807) is 0 Å². The summed E-state index contributed by atoms with van der Waals surface area (Å²) in [5, 5.41) is 3.15. The largest absolute Gasteiger partial charge is 0.772 e. The summed E-state index contributed by atoms with van der Waals surface area (Å²) in [6.07, 6.45) is 0.643. The zero-order valence-corrected chi connectivity index (χ0v) is 8.97. The van der Waals surface area contributed by atoms with Gasteiger partial charge in [0.2, 0.25) is 0 Å². The second-order valence-electron chi connectivity index (χ2n) is 3.15. The smallest absolute Gasteiger partial charge is 0.0340 e. The molecule has 1 rings (SSSR count). The molecule has 4 heteroatoms. The Kier molecular flexibility index (Phi) is 4.62. The summed E-state index contributed by atoms with van der Waals surface area (Å²) in [6.45, 7) is 2.72. The summed E-state index contributed by atoms with van der Waals surface area (Å²) < 4.78 is 20.5. The van der Waals surface area contributed by atoms with Crippen LogP contribution < -0.4 is 5.32 Å². The number of benzene rings is 1. The highest BCUT2D eigenvalue weighted by Crippen LogP contribution is 2.08. The Balaban J connectivity index is 2.25. The van der Waals surface area contributed by atoms with Crippen molar-refractivity contribution in [1.82, 2.24) is 0 Å². The Labute approximate surface area is 86.8 Å². The van der Waals surface area contributed by atoms with Crippen LogP contribution in [0.4, 0.5) is 5.69 Å². The molecule has 1 N–H and O–H groups in total. The number of nitrogens with one attached hydrogen (secondary N) is 1. The summed E-state index contributed by atoms with van der Waals surface area (Å²) in [4.78, 5) is 0. The zero-order valence-electron chi connectivity index (χ0n) is 8.16. The van der Waals surface area contributed by atoms with Gasteiger partial charge in [0.15, 0.2) is 0 Å². The summed E-state index contributed by atoms with van der Waals surface area (Å²) >= 11 is -1.92. The van der Waals surface area contributed by atoms with Crippen LogP contribution in [0, 0.1) is 6.92 Å². The minimum Gasteiger partial charge on any atom is -0.772 e. The lowest BCUT2D eigenvalue weighted by molar-refractivity contribution is 0.535. The van der Waals surface area contributed by atoms with Gasteiger partial charge in [-0.2, -0.15) is 0 Å². The number of hydrogen-bond acceptors (Lipinski definition) is 3. The van der Waals surface area contributed by atoms with Crippen LogP contribution in [0.1, 0.15) is 12.0 Å². The van der Waals surface area contributed by atoms with E-state index in [-0.39, 0.29) is 5.75 Å². The van der Waals surface area contributed by atoms with Crippen LogP contribution in [0.3, 0.4) is 0 Å². The molecule has 1 atom stereocenters. The van der Waals surface area contributed by atoms with E-state index in [2.05, 4.69) is 5.32 Å². The van der Waals surface area contributed by atoms with Crippen molar-refractivity contribution < 1.29 is 8.76 Å². The van der Waals surface area contributed by atoms with Crippen molar-refractivity contribution in [2.45, 2.75) is 13.3 Å². The van der Waals surface area contributed by atoms with Crippen LogP contribution in [0.25, 0.3) is 0 Å². The molecule has 0 radical (unpaired) electrons. The molecule has 1 unspecified atom stereocenters. The van der Waals surface area contributed by atoms with Gasteiger partial charge in [-0.3, -0.25) is 4.21 Å². The van der Waals surface area contributed by atoms with E-state index in [1.807, 2.05) is 31.2 Å². The highest BCUT2D eigenvalue weighted by atomic mass is 32.2. The summed E-state index contributed by atoms with van der Waals surface area (Å²) in [7, 11) is 0. The number of rotatable bonds is 5. The molecule has 1 aromatic rings. The molecule has 0 aliphatic rings. The van der Waals surface area contributed by atoms with E-state index in [0.29, 0.717) is 13.0 Å². The van der Waals surface area contributed by atoms with Gasteiger partial charge in [-0.05, 0) is 25.5 Å². The first-order valence-electron chi connectivity index (χ1n) is 4.55. The molecule has 0 fully saturated rings. The van der Waals surface area contributed by atoms with E-state index in [4.69, 9.17) is 0 Å². The Bertz CT molecular complexity index is 297. The molecule has 0 aromatic heterocycles. The van der Waals surface area contributed by atoms with Gasteiger partial charge in [-0.15, -0.1) is 0 Å². The Morgan fingerprint density at radius 1 is 1.36 bits per heavy atom. The molecule has 14 heavy (non-hydrogen) atoms. The van der Waals surface area contributed by atoms with Crippen molar-refractivity contribution in [2.75, 3.05) is 17.6 Å². The lowest BCUT2D eigenvalue weighted by Gasteiger charge is -2.07. The standard InChI is InChI=1S/C10H15NO2S/c1-9-3-5-10(6-4-9)11-7-2-8-14(12)13/h3-6,11H,2,7-8H2,1H3,(H,12,13)/p-1. The number of hydrogen-bond donors (Lipinski definition) is 1. The number of anilines is 1. The fourth-order valence-corrected chi connectivity index (χ4v) is 1.47. The molecule has 0 saturated carbocycles. The second kappa shape index (κ2) is 5.78. The summed E-state index contributed by atoms with van der Waals surface area (Å²) in [5.41, 5.74) is 2.25. The van der Waals surface area contributed by atoms with Crippen molar-refractivity contribution in [3.63, 3.8) is 0 Å². The molecular formula is C10H14NO2S-. The average molecular weight is 212 g/mol. The molecule has 0 aliphatic carbocycles. The fraction of sp³-hybridized carbons (Fsp3) is 0.400. The summed E-state index contributed by atoms with van der Waals surface area (Å²) in [6, 6.07) is 8.02. The maximum Gasteiger partial charge on any atom is 0.0340 e. The minimum atomic E-state index is -1.92. The summed E-state index contributed by atoms with van der Waals surface area (Å²) in [5.74, 6) is 0.221. The molecule has 0 heterocycles. The maximum atomic E-state index is 10.2. The third kappa shape index (κ3) is 4.39. The highest BCUT2D eigenvalue weighted by Gasteiger charge is 1.91. The van der Waals surface area contributed by atoms with Gasteiger partial charge in [0.25, 0.3) is 0 Å². The first-order valence-corrected chi connectivity index (χ1v) is 5.79. The average Bonchev–Trinajstić information content (AvgIpc) is 2.15. The van der Waals surface area contributed by atoms with Crippen molar-refractivity contribution in [3.8, 4) is 0 Å². The van der Waals surface area contributed by atoms with E-state index in [1.165, 1.54) is 5.56 Å². The molecule has 0 spiro atoms. The van der Waals surface area contributed by atoms with Crippen molar-refractivity contribution in [2.24, 2.45) is 0 Å². The molecule has 1 aromatic carbocycles. The monoisotopic (exact) mass is 212 g/mol. The predicted octanol–water partition coefficient (Wildman–Crippen LogP) is 1.68. The molecular weight excluding hydrogens is 198 g/mol. The van der Waals surface area contributed by atoms with Crippen LogP contribution >= 0.6 is 0 Å². The van der Waals surface area contributed by atoms with Crippen LogP contribution in [0.5, 0.6) is 0 Å². The number of aryl methyl sites for hydroxylation is 1. The van der Waals surface area contributed by atoms with Gasteiger partial charge in [0.05, 0.1) is 0 Å². The second-order valence-corrected chi connectivity index (χ2v) is 4.17. The maximum absolute atomic E-state index is 10.2. The van der Waals surface area contributed by atoms with E-state index < -0.39 is 11.1 Å². The third-order valence-electron chi connectivity index (χ3n) is 1.87. The lowest BCUT2D eigenvalue weighted by atomic mass is 10.2. The van der Waals surface area contributed by atoms with Crippen LogP contribution in [-0.2, 0) is 11.1 Å². The van der Waals surface area contributed by atoms with Gasteiger partial charge in [-0.1, -0.05) is 28.8 Å². The van der Waals surface area contributed by atoms with E-state index >= 15 is 0 Å². The van der Waals surface area contributed by atoms with Gasteiger partial charge >= 0.3 is 0 Å². The van der Waals surface area contributed by atoms with E-state index in [0.717, 1.165) is 5.69 Å². The van der Waals surface area contributed by atoms with E-state index in [9.17, 15) is 8.76 Å². The predicted molar refractivity (Wildman–Crippen MR) is 58.1 cm³/mol. The first kappa shape index (κ1) is 11.2. The van der Waals surface area contributed by atoms with Crippen LogP contribution in [0.2, 0.25) is 0 Å². The quantitative estimate of drug-likeness (QED) is 0.596. The van der Waals surface area contributed by atoms with Gasteiger partial charge in [0.1, 0.15) is 0 Å². The molecule has 0 aliphatic heterocycles. The molecule has 0 amide bonds. The van der Waals surface area contributed by atoms with Crippen LogP contribution in [0.15, 0.2) is 24.3 Å². The fourth-order valence-electron chi connectivity index (χ4n) is 1.09. The lowest BCUT2D eigenvalue weighted by Crippen LogP contribution is -2.06. The Morgan fingerprint density at radius 3 is 2.57 bits per heavy atom. The molecule has 0 bridgehead atoms. The Hall–Kier alpha value is -0.870. The minimum absolute atomic E-state index is 0.221. The third-order valence-corrected chi connectivity index (χ3v) is 2.49. The highest BCUT2D eigenvalue weighted by molar-refractivity contribution is 7.79. The first-order chi connectivity index (χ1) is 6.68. The topological polar surface area (TPSA) is 52.2 Å². The zero-order chi connectivity index (χ0) is 10.4. The molecule has 3 nitrogen and oxygen atoms in total. The SMILES string of the molecule is Cc1ccc(NCCCS(=O)[O-])cc1. The van der Waals surface area contributed by atoms with Gasteiger partial charge in [-0.25, -0.2) is 0 Å². The van der Waals surface area contributed by atoms with Crippen LogP contribution in [-0.4, -0.2) is 21.1 Å².